The average Bonchev–Trinajstić information content (AvgIpc) is 2.92. The molecule has 1 N–H and O–H groups in total. The van der Waals surface area contributed by atoms with Gasteiger partial charge >= 0.3 is 0 Å². The van der Waals surface area contributed by atoms with Crippen molar-refractivity contribution in [2.24, 2.45) is 0 Å². The zero-order valence-electron chi connectivity index (χ0n) is 12.4. The second-order valence-corrected chi connectivity index (χ2v) is 4.89. The molecule has 2 aromatic rings. The second-order valence-electron chi connectivity index (χ2n) is 4.89. The van der Waals surface area contributed by atoms with E-state index in [1.165, 1.54) is 0 Å². The van der Waals surface area contributed by atoms with Crippen LogP contribution in [0.15, 0.2) is 30.7 Å². The van der Waals surface area contributed by atoms with E-state index in [0.29, 0.717) is 13.0 Å². The smallest absolute Gasteiger partial charge is 0.274 e. The third kappa shape index (κ3) is 3.59. The third-order valence-electron chi connectivity index (χ3n) is 3.40. The van der Waals surface area contributed by atoms with Gasteiger partial charge in [0, 0.05) is 30.1 Å². The summed E-state index contributed by atoms with van der Waals surface area (Å²) in [5.41, 5.74) is 2.74. The van der Waals surface area contributed by atoms with Gasteiger partial charge in [-0.3, -0.25) is 10.1 Å². The molecular weight excluding hydrogens is 268 g/mol. The SMILES string of the molecule is CCCn1cncc1CNc1ccc(CC)c([N+](=O)[O-])c1. The van der Waals surface area contributed by atoms with Crippen molar-refractivity contribution in [2.45, 2.75) is 39.8 Å². The minimum absolute atomic E-state index is 0.171. The van der Waals surface area contributed by atoms with Crippen LogP contribution in [-0.4, -0.2) is 14.5 Å². The van der Waals surface area contributed by atoms with Gasteiger partial charge in [-0.25, -0.2) is 4.98 Å². The Balaban J connectivity index is 2.11. The van der Waals surface area contributed by atoms with Crippen molar-refractivity contribution < 1.29 is 4.92 Å². The first kappa shape index (κ1) is 15.0. The Morgan fingerprint density at radius 2 is 2.19 bits per heavy atom. The fourth-order valence-electron chi connectivity index (χ4n) is 2.27. The van der Waals surface area contributed by atoms with Crippen molar-refractivity contribution in [3.63, 3.8) is 0 Å². The second kappa shape index (κ2) is 6.88. The summed E-state index contributed by atoms with van der Waals surface area (Å²) in [5, 5.41) is 14.3. The van der Waals surface area contributed by atoms with Crippen molar-refractivity contribution in [3.05, 3.63) is 52.1 Å². The molecule has 1 heterocycles. The number of nitrogens with zero attached hydrogens (tertiary/aromatic N) is 3. The summed E-state index contributed by atoms with van der Waals surface area (Å²) in [7, 11) is 0. The number of anilines is 1. The number of hydrogen-bond donors (Lipinski definition) is 1. The van der Waals surface area contributed by atoms with E-state index in [9.17, 15) is 10.1 Å². The van der Waals surface area contributed by atoms with Crippen LogP contribution >= 0.6 is 0 Å². The zero-order chi connectivity index (χ0) is 15.2. The van der Waals surface area contributed by atoms with Crippen molar-refractivity contribution in [1.82, 2.24) is 9.55 Å². The molecule has 0 radical (unpaired) electrons. The fraction of sp³-hybridized carbons (Fsp3) is 0.400. The summed E-state index contributed by atoms with van der Waals surface area (Å²) in [4.78, 5) is 14.9. The number of aryl methyl sites for hydroxylation is 2. The first-order valence-electron chi connectivity index (χ1n) is 7.15. The number of imidazole rings is 1. The van der Waals surface area contributed by atoms with E-state index in [0.717, 1.165) is 29.9 Å². The topological polar surface area (TPSA) is 73.0 Å². The zero-order valence-corrected chi connectivity index (χ0v) is 12.4. The molecule has 0 saturated carbocycles. The third-order valence-corrected chi connectivity index (χ3v) is 3.40. The molecule has 0 saturated heterocycles. The van der Waals surface area contributed by atoms with Crippen LogP contribution in [0.2, 0.25) is 0 Å². The molecule has 1 aromatic heterocycles. The van der Waals surface area contributed by atoms with Crippen LogP contribution < -0.4 is 5.32 Å². The summed E-state index contributed by atoms with van der Waals surface area (Å²) in [6.45, 7) is 5.55. The molecule has 21 heavy (non-hydrogen) atoms. The molecule has 0 fully saturated rings. The molecule has 0 aliphatic rings. The molecule has 0 amide bonds. The van der Waals surface area contributed by atoms with Gasteiger partial charge in [0.2, 0.25) is 0 Å². The van der Waals surface area contributed by atoms with E-state index in [-0.39, 0.29) is 10.6 Å². The summed E-state index contributed by atoms with van der Waals surface area (Å²) in [6.07, 6.45) is 5.32. The highest BCUT2D eigenvalue weighted by molar-refractivity contribution is 5.55. The van der Waals surface area contributed by atoms with Crippen LogP contribution in [0.5, 0.6) is 0 Å². The lowest BCUT2D eigenvalue weighted by molar-refractivity contribution is -0.385. The van der Waals surface area contributed by atoms with Gasteiger partial charge in [0.1, 0.15) is 0 Å². The van der Waals surface area contributed by atoms with E-state index in [1.54, 1.807) is 6.07 Å². The molecule has 0 atom stereocenters. The first-order chi connectivity index (χ1) is 10.2. The van der Waals surface area contributed by atoms with Crippen molar-refractivity contribution in [3.8, 4) is 0 Å². The molecule has 112 valence electrons. The lowest BCUT2D eigenvalue weighted by Crippen LogP contribution is -2.07. The van der Waals surface area contributed by atoms with Crippen LogP contribution in [-0.2, 0) is 19.5 Å². The van der Waals surface area contributed by atoms with E-state index < -0.39 is 0 Å². The van der Waals surface area contributed by atoms with Gasteiger partial charge in [-0.1, -0.05) is 19.9 Å². The van der Waals surface area contributed by atoms with Gasteiger partial charge in [-0.15, -0.1) is 0 Å². The Kier molecular flexibility index (Phi) is 4.92. The van der Waals surface area contributed by atoms with E-state index in [2.05, 4.69) is 21.8 Å². The molecule has 0 unspecified atom stereocenters. The number of benzene rings is 1. The standard InChI is InChI=1S/C15H20N4O2/c1-3-7-18-11-16-9-14(18)10-17-13-6-5-12(4-2)15(8-13)19(20)21/h5-6,8-9,11,17H,3-4,7,10H2,1-2H3. The van der Waals surface area contributed by atoms with Gasteiger partial charge in [0.25, 0.3) is 5.69 Å². The summed E-state index contributed by atoms with van der Waals surface area (Å²) >= 11 is 0. The average molecular weight is 288 g/mol. The first-order valence-corrected chi connectivity index (χ1v) is 7.15. The molecule has 6 nitrogen and oxygen atoms in total. The molecule has 0 bridgehead atoms. The molecular formula is C15H20N4O2. The highest BCUT2D eigenvalue weighted by Crippen LogP contribution is 2.24. The van der Waals surface area contributed by atoms with E-state index >= 15 is 0 Å². The van der Waals surface area contributed by atoms with Crippen LogP contribution in [0.3, 0.4) is 0 Å². The maximum atomic E-state index is 11.1. The van der Waals surface area contributed by atoms with E-state index in [4.69, 9.17) is 0 Å². The number of nitrogens with one attached hydrogen (secondary N) is 1. The Hall–Kier alpha value is -2.37. The van der Waals surface area contributed by atoms with Crippen LogP contribution in [0.25, 0.3) is 0 Å². The van der Waals surface area contributed by atoms with Gasteiger partial charge in [0.15, 0.2) is 0 Å². The summed E-state index contributed by atoms with van der Waals surface area (Å²) in [5.74, 6) is 0. The highest BCUT2D eigenvalue weighted by Gasteiger charge is 2.13. The van der Waals surface area contributed by atoms with Gasteiger partial charge in [0.05, 0.1) is 23.5 Å². The quantitative estimate of drug-likeness (QED) is 0.626. The van der Waals surface area contributed by atoms with Gasteiger partial charge in [-0.2, -0.15) is 0 Å². The van der Waals surface area contributed by atoms with Crippen LogP contribution in [0, 0.1) is 10.1 Å². The number of nitro benzene ring substituents is 1. The Bertz CT molecular complexity index is 622. The van der Waals surface area contributed by atoms with Crippen molar-refractivity contribution in [2.75, 3.05) is 5.32 Å². The van der Waals surface area contributed by atoms with Crippen molar-refractivity contribution >= 4 is 11.4 Å². The summed E-state index contributed by atoms with van der Waals surface area (Å²) in [6, 6.07) is 5.29. The van der Waals surface area contributed by atoms with Gasteiger partial charge < -0.3 is 9.88 Å². The summed E-state index contributed by atoms with van der Waals surface area (Å²) < 4.78 is 2.09. The lowest BCUT2D eigenvalue weighted by Gasteiger charge is -2.10. The number of nitro groups is 1. The Morgan fingerprint density at radius 3 is 2.86 bits per heavy atom. The Morgan fingerprint density at radius 1 is 1.38 bits per heavy atom. The predicted molar refractivity (Wildman–Crippen MR) is 82.3 cm³/mol. The predicted octanol–water partition coefficient (Wildman–Crippen LogP) is 3.38. The molecule has 2 rings (SSSR count). The highest BCUT2D eigenvalue weighted by atomic mass is 16.6. The number of hydrogen-bond acceptors (Lipinski definition) is 4. The molecule has 0 aliphatic carbocycles. The Labute approximate surface area is 124 Å². The maximum Gasteiger partial charge on any atom is 0.274 e. The number of rotatable bonds is 7. The maximum absolute atomic E-state index is 11.1. The lowest BCUT2D eigenvalue weighted by atomic mass is 10.1. The molecule has 6 heteroatoms. The molecule has 0 spiro atoms. The van der Waals surface area contributed by atoms with E-state index in [1.807, 2.05) is 31.6 Å². The van der Waals surface area contributed by atoms with Crippen LogP contribution in [0.4, 0.5) is 11.4 Å². The molecule has 1 aromatic carbocycles. The minimum Gasteiger partial charge on any atom is -0.379 e. The largest absolute Gasteiger partial charge is 0.379 e. The minimum atomic E-state index is -0.328. The van der Waals surface area contributed by atoms with Gasteiger partial charge in [-0.05, 0) is 18.9 Å². The normalized spacial score (nSPS) is 10.6. The van der Waals surface area contributed by atoms with Crippen LogP contribution in [0.1, 0.15) is 31.5 Å². The fourth-order valence-corrected chi connectivity index (χ4v) is 2.27. The monoisotopic (exact) mass is 288 g/mol. The molecule has 0 aliphatic heterocycles. The number of aromatic nitrogens is 2. The van der Waals surface area contributed by atoms with Crippen molar-refractivity contribution in [1.29, 1.82) is 0 Å².